The van der Waals surface area contributed by atoms with Crippen molar-refractivity contribution in [2.45, 2.75) is 4.90 Å². The zero-order valence-electron chi connectivity index (χ0n) is 18.0. The number of carbonyl (C=O) groups excluding carboxylic acids is 3. The van der Waals surface area contributed by atoms with Crippen LogP contribution in [0.5, 0.6) is 5.75 Å². The number of carbonyl (C=O) groups is 3. The number of hydrazine groups is 1. The third-order valence-electron chi connectivity index (χ3n) is 4.42. The Labute approximate surface area is 195 Å². The topological polar surface area (TPSA) is 140 Å². The Morgan fingerprint density at radius 2 is 1.50 bits per heavy atom. The van der Waals surface area contributed by atoms with Crippen molar-refractivity contribution in [3.05, 3.63) is 90.0 Å². The number of hydrogen-bond acceptors (Lipinski definition) is 7. The van der Waals surface area contributed by atoms with Gasteiger partial charge in [-0.2, -0.15) is 0 Å². The van der Waals surface area contributed by atoms with E-state index in [1.165, 1.54) is 31.4 Å². The molecule has 0 unspecified atom stereocenters. The summed E-state index contributed by atoms with van der Waals surface area (Å²) in [6, 6.07) is 19.8. The lowest BCUT2D eigenvalue weighted by atomic mass is 10.2. The summed E-state index contributed by atoms with van der Waals surface area (Å²) in [5.41, 5.74) is 4.81. The summed E-state index contributed by atoms with van der Waals surface area (Å²) in [6.45, 7) is -0.690. The minimum absolute atomic E-state index is 0.0796. The van der Waals surface area contributed by atoms with E-state index in [1.54, 1.807) is 48.5 Å². The molecule has 3 N–H and O–H groups in total. The fourth-order valence-electron chi connectivity index (χ4n) is 2.76. The van der Waals surface area contributed by atoms with Crippen LogP contribution in [-0.4, -0.2) is 39.9 Å². The molecule has 34 heavy (non-hydrogen) atoms. The van der Waals surface area contributed by atoms with Gasteiger partial charge in [0.1, 0.15) is 5.75 Å². The van der Waals surface area contributed by atoms with E-state index >= 15 is 0 Å². The number of anilines is 1. The average molecular weight is 484 g/mol. The van der Waals surface area contributed by atoms with E-state index in [2.05, 4.69) is 15.6 Å². The summed E-state index contributed by atoms with van der Waals surface area (Å²) in [6.07, 6.45) is 0. The van der Waals surface area contributed by atoms with Crippen molar-refractivity contribution >= 4 is 33.5 Å². The van der Waals surface area contributed by atoms with Gasteiger partial charge in [0.2, 0.25) is 0 Å². The molecule has 0 spiro atoms. The Morgan fingerprint density at radius 3 is 2.24 bits per heavy atom. The van der Waals surface area contributed by atoms with Gasteiger partial charge < -0.3 is 9.47 Å². The first-order valence-corrected chi connectivity index (χ1v) is 11.4. The molecule has 3 aromatic rings. The lowest BCUT2D eigenvalue weighted by molar-refractivity contribution is -0.125. The van der Waals surface area contributed by atoms with E-state index < -0.39 is 34.4 Å². The number of methoxy groups -OCH3 is 1. The highest BCUT2D eigenvalue weighted by atomic mass is 32.2. The molecule has 3 aromatic carbocycles. The first-order valence-electron chi connectivity index (χ1n) is 9.87. The Bertz CT molecular complexity index is 1290. The molecule has 0 saturated carbocycles. The van der Waals surface area contributed by atoms with E-state index in [-0.39, 0.29) is 16.1 Å². The average Bonchev–Trinajstić information content (AvgIpc) is 2.86. The zero-order chi connectivity index (χ0) is 24.6. The van der Waals surface area contributed by atoms with Gasteiger partial charge in [-0.1, -0.05) is 36.4 Å². The van der Waals surface area contributed by atoms with Crippen molar-refractivity contribution in [2.75, 3.05) is 18.4 Å². The van der Waals surface area contributed by atoms with Crippen LogP contribution in [0.2, 0.25) is 0 Å². The molecule has 0 radical (unpaired) electrons. The van der Waals surface area contributed by atoms with Gasteiger partial charge in [-0.3, -0.25) is 25.2 Å². The number of benzene rings is 3. The highest BCUT2D eigenvalue weighted by Crippen LogP contribution is 2.26. The second-order valence-electron chi connectivity index (χ2n) is 6.78. The lowest BCUT2D eigenvalue weighted by Crippen LogP contribution is -2.43. The smallest absolute Gasteiger partial charge is 0.338 e. The molecule has 0 aromatic heterocycles. The van der Waals surface area contributed by atoms with Gasteiger partial charge in [-0.05, 0) is 42.5 Å². The predicted octanol–water partition coefficient (Wildman–Crippen LogP) is 2.11. The van der Waals surface area contributed by atoms with Gasteiger partial charge in [0, 0.05) is 5.56 Å². The molecular weight excluding hydrogens is 462 g/mol. The van der Waals surface area contributed by atoms with E-state index in [0.29, 0.717) is 11.3 Å². The molecule has 3 rings (SSSR count). The van der Waals surface area contributed by atoms with Crippen LogP contribution in [0.1, 0.15) is 20.7 Å². The van der Waals surface area contributed by atoms with Crippen molar-refractivity contribution in [3.8, 4) is 5.75 Å². The Balaban J connectivity index is 1.58. The van der Waals surface area contributed by atoms with E-state index in [1.807, 2.05) is 0 Å². The van der Waals surface area contributed by atoms with Crippen molar-refractivity contribution < 1.29 is 32.3 Å². The van der Waals surface area contributed by atoms with Crippen LogP contribution in [0.25, 0.3) is 0 Å². The van der Waals surface area contributed by atoms with Crippen molar-refractivity contribution in [1.29, 1.82) is 0 Å². The molecule has 176 valence electrons. The maximum Gasteiger partial charge on any atom is 0.338 e. The Hall–Kier alpha value is -4.38. The second kappa shape index (κ2) is 11.0. The Kier molecular flexibility index (Phi) is 7.83. The molecule has 11 heteroatoms. The Morgan fingerprint density at radius 1 is 0.824 bits per heavy atom. The lowest BCUT2D eigenvalue weighted by Gasteiger charge is -2.12. The van der Waals surface area contributed by atoms with Gasteiger partial charge in [0.25, 0.3) is 21.8 Å². The van der Waals surface area contributed by atoms with Gasteiger partial charge in [0.15, 0.2) is 6.61 Å². The summed E-state index contributed by atoms with van der Waals surface area (Å²) >= 11 is 0. The minimum atomic E-state index is -4.04. The monoisotopic (exact) mass is 483 g/mol. The fourth-order valence-corrected chi connectivity index (χ4v) is 3.88. The molecular formula is C23H21N3O7S. The van der Waals surface area contributed by atoms with Crippen LogP contribution in [-0.2, 0) is 19.6 Å². The van der Waals surface area contributed by atoms with Crippen LogP contribution >= 0.6 is 0 Å². The largest absolute Gasteiger partial charge is 0.495 e. The first kappa shape index (κ1) is 24.3. The molecule has 0 atom stereocenters. The third kappa shape index (κ3) is 6.33. The fraction of sp³-hybridized carbons (Fsp3) is 0.0870. The van der Waals surface area contributed by atoms with E-state index in [9.17, 15) is 22.8 Å². The zero-order valence-corrected chi connectivity index (χ0v) is 18.8. The highest BCUT2D eigenvalue weighted by Gasteiger charge is 2.19. The van der Waals surface area contributed by atoms with Gasteiger partial charge in [-0.25, -0.2) is 13.2 Å². The van der Waals surface area contributed by atoms with Gasteiger partial charge >= 0.3 is 5.97 Å². The van der Waals surface area contributed by atoms with Gasteiger partial charge in [-0.15, -0.1) is 0 Å². The number of amides is 2. The summed E-state index contributed by atoms with van der Waals surface area (Å²) < 4.78 is 38.0. The van der Waals surface area contributed by atoms with Crippen LogP contribution in [0, 0.1) is 0 Å². The summed E-state index contributed by atoms with van der Waals surface area (Å²) in [4.78, 5) is 35.9. The SMILES string of the molecule is COc1ccccc1NS(=O)(=O)c1cccc(C(=O)OCC(=O)NNC(=O)c2ccccc2)c1. The number of sulfonamides is 1. The minimum Gasteiger partial charge on any atom is -0.495 e. The van der Waals surface area contributed by atoms with Crippen LogP contribution < -0.4 is 20.3 Å². The molecule has 0 aliphatic rings. The van der Waals surface area contributed by atoms with Gasteiger partial charge in [0.05, 0.1) is 23.3 Å². The predicted molar refractivity (Wildman–Crippen MR) is 123 cm³/mol. The van der Waals surface area contributed by atoms with Crippen molar-refractivity contribution in [2.24, 2.45) is 0 Å². The second-order valence-corrected chi connectivity index (χ2v) is 8.46. The maximum atomic E-state index is 12.8. The van der Waals surface area contributed by atoms with E-state index in [4.69, 9.17) is 9.47 Å². The van der Waals surface area contributed by atoms with Crippen LogP contribution in [0.4, 0.5) is 5.69 Å². The molecule has 0 saturated heterocycles. The number of nitrogens with one attached hydrogen (secondary N) is 3. The number of ether oxygens (including phenoxy) is 2. The molecule has 0 bridgehead atoms. The normalized spacial score (nSPS) is 10.6. The van der Waals surface area contributed by atoms with E-state index in [0.717, 1.165) is 6.07 Å². The van der Waals surface area contributed by atoms with Crippen molar-refractivity contribution in [1.82, 2.24) is 10.9 Å². The highest BCUT2D eigenvalue weighted by molar-refractivity contribution is 7.92. The summed E-state index contributed by atoms with van der Waals surface area (Å²) in [7, 11) is -2.63. The third-order valence-corrected chi connectivity index (χ3v) is 5.78. The first-order chi connectivity index (χ1) is 16.3. The molecule has 0 aliphatic heterocycles. The quantitative estimate of drug-likeness (QED) is 0.329. The van der Waals surface area contributed by atoms with Crippen molar-refractivity contribution in [3.63, 3.8) is 0 Å². The summed E-state index contributed by atoms with van der Waals surface area (Å²) in [5, 5.41) is 0. The number of para-hydroxylation sites is 2. The molecule has 0 heterocycles. The number of rotatable bonds is 8. The molecule has 2 amide bonds. The standard InChI is InChI=1S/C23H21N3O7S/c1-32-20-13-6-5-12-19(20)26-34(30,31)18-11-7-10-17(14-18)23(29)33-15-21(27)24-25-22(28)16-8-3-2-4-9-16/h2-14,26H,15H2,1H3,(H,24,27)(H,25,28). The molecule has 0 fully saturated rings. The number of esters is 1. The van der Waals surface area contributed by atoms with Crippen LogP contribution in [0.3, 0.4) is 0 Å². The summed E-state index contributed by atoms with van der Waals surface area (Å²) in [5.74, 6) is -1.91. The molecule has 10 nitrogen and oxygen atoms in total. The van der Waals surface area contributed by atoms with Crippen LogP contribution in [0.15, 0.2) is 83.8 Å². The number of hydrogen-bond donors (Lipinski definition) is 3. The molecule has 0 aliphatic carbocycles. The maximum absolute atomic E-state index is 12.8.